The summed E-state index contributed by atoms with van der Waals surface area (Å²) in [4.78, 5) is 0. The molecule has 0 bridgehead atoms. The summed E-state index contributed by atoms with van der Waals surface area (Å²) in [5, 5.41) is 3.87. The Morgan fingerprint density at radius 1 is 0.571 bits per heavy atom. The monoisotopic (exact) mass is 313 g/mol. The van der Waals surface area contributed by atoms with Crippen LogP contribution in [0.15, 0.2) is 84.9 Å². The maximum atomic E-state index is 6.21. The second-order valence-electron chi connectivity index (χ2n) is 4.57. The third-order valence-electron chi connectivity index (χ3n) is 3.21. The average Bonchev–Trinajstić information content (AvgIpc) is 2.52. The molecule has 0 aromatic heterocycles. The standard InChI is InChI=1S/C18H16NP.ClH/c19-17-13-7-8-14-18(17)20(15-9-3-1-4-10-15)16-11-5-2-6-12-16;/h1-14H,19H2;1H. The van der Waals surface area contributed by atoms with E-state index in [0.717, 1.165) is 5.69 Å². The van der Waals surface area contributed by atoms with Crippen molar-refractivity contribution in [2.24, 2.45) is 0 Å². The first-order valence-corrected chi connectivity index (χ1v) is 7.95. The zero-order valence-electron chi connectivity index (χ0n) is 11.5. The van der Waals surface area contributed by atoms with Gasteiger partial charge in [0.1, 0.15) is 0 Å². The summed E-state index contributed by atoms with van der Waals surface area (Å²) in [5.74, 6) is 0. The summed E-state index contributed by atoms with van der Waals surface area (Å²) in [6.45, 7) is 0. The molecule has 106 valence electrons. The van der Waals surface area contributed by atoms with E-state index in [0.29, 0.717) is 0 Å². The van der Waals surface area contributed by atoms with Crippen LogP contribution >= 0.6 is 20.3 Å². The molecule has 0 fully saturated rings. The van der Waals surface area contributed by atoms with E-state index >= 15 is 0 Å². The van der Waals surface area contributed by atoms with E-state index in [1.54, 1.807) is 0 Å². The molecular weight excluding hydrogens is 297 g/mol. The number of para-hydroxylation sites is 1. The fourth-order valence-corrected chi connectivity index (χ4v) is 4.64. The van der Waals surface area contributed by atoms with Crippen molar-refractivity contribution in [2.45, 2.75) is 0 Å². The third kappa shape index (κ3) is 3.44. The lowest BCUT2D eigenvalue weighted by Gasteiger charge is -2.20. The molecule has 0 radical (unpaired) electrons. The zero-order valence-corrected chi connectivity index (χ0v) is 13.2. The molecule has 21 heavy (non-hydrogen) atoms. The van der Waals surface area contributed by atoms with Crippen molar-refractivity contribution in [3.05, 3.63) is 84.9 Å². The van der Waals surface area contributed by atoms with Crippen LogP contribution in [-0.4, -0.2) is 0 Å². The lowest BCUT2D eigenvalue weighted by molar-refractivity contribution is 1.72. The number of nitrogen functional groups attached to an aromatic ring is 1. The first-order valence-electron chi connectivity index (χ1n) is 6.61. The summed E-state index contributed by atoms with van der Waals surface area (Å²) >= 11 is 0. The molecule has 0 aliphatic heterocycles. The second kappa shape index (κ2) is 7.26. The highest BCUT2D eigenvalue weighted by molar-refractivity contribution is 7.80. The molecule has 3 rings (SSSR count). The maximum Gasteiger partial charge on any atom is 0.0398 e. The van der Waals surface area contributed by atoms with E-state index in [1.807, 2.05) is 12.1 Å². The summed E-state index contributed by atoms with van der Waals surface area (Å²) < 4.78 is 0. The first kappa shape index (κ1) is 15.6. The molecule has 0 heterocycles. The lowest BCUT2D eigenvalue weighted by Crippen LogP contribution is -2.22. The molecule has 3 aromatic rings. The number of halogens is 1. The van der Waals surface area contributed by atoms with Crippen molar-refractivity contribution < 1.29 is 0 Å². The van der Waals surface area contributed by atoms with Crippen molar-refractivity contribution >= 4 is 41.9 Å². The Morgan fingerprint density at radius 3 is 1.48 bits per heavy atom. The minimum atomic E-state index is -0.592. The topological polar surface area (TPSA) is 26.0 Å². The molecule has 0 aliphatic rings. The van der Waals surface area contributed by atoms with Crippen molar-refractivity contribution in [3.63, 3.8) is 0 Å². The molecule has 0 spiro atoms. The number of rotatable bonds is 3. The smallest absolute Gasteiger partial charge is 0.0398 e. The van der Waals surface area contributed by atoms with Crippen molar-refractivity contribution in [3.8, 4) is 0 Å². The van der Waals surface area contributed by atoms with Crippen LogP contribution in [0.5, 0.6) is 0 Å². The first-order chi connectivity index (χ1) is 9.86. The number of hydrogen-bond acceptors (Lipinski definition) is 1. The van der Waals surface area contributed by atoms with E-state index in [4.69, 9.17) is 5.73 Å². The predicted molar refractivity (Wildman–Crippen MR) is 96.8 cm³/mol. The minimum Gasteiger partial charge on any atom is -0.398 e. The zero-order chi connectivity index (χ0) is 13.8. The van der Waals surface area contributed by atoms with E-state index in [-0.39, 0.29) is 12.4 Å². The van der Waals surface area contributed by atoms with Gasteiger partial charge in [0, 0.05) is 11.0 Å². The Bertz CT molecular complexity index is 646. The third-order valence-corrected chi connectivity index (χ3v) is 5.72. The number of benzene rings is 3. The van der Waals surface area contributed by atoms with Gasteiger partial charge in [-0.1, -0.05) is 78.9 Å². The van der Waals surface area contributed by atoms with E-state index in [2.05, 4.69) is 72.8 Å². The molecule has 1 nitrogen and oxygen atoms in total. The van der Waals surface area contributed by atoms with Crippen LogP contribution in [0, 0.1) is 0 Å². The van der Waals surface area contributed by atoms with Crippen LogP contribution in [0.25, 0.3) is 0 Å². The van der Waals surface area contributed by atoms with Crippen LogP contribution in [0.2, 0.25) is 0 Å². The predicted octanol–water partition coefficient (Wildman–Crippen LogP) is 3.45. The van der Waals surface area contributed by atoms with Gasteiger partial charge < -0.3 is 5.73 Å². The Hall–Kier alpha value is -1.82. The highest BCUT2D eigenvalue weighted by atomic mass is 35.5. The summed E-state index contributed by atoms with van der Waals surface area (Å²) in [7, 11) is -0.592. The van der Waals surface area contributed by atoms with Crippen molar-refractivity contribution in [2.75, 3.05) is 5.73 Å². The maximum absolute atomic E-state index is 6.21. The van der Waals surface area contributed by atoms with Gasteiger partial charge in [-0.05, 0) is 24.6 Å². The Kier molecular flexibility index (Phi) is 5.38. The van der Waals surface area contributed by atoms with Gasteiger partial charge in [-0.2, -0.15) is 0 Å². The Labute approximate surface area is 133 Å². The van der Waals surface area contributed by atoms with Crippen LogP contribution in [0.4, 0.5) is 5.69 Å². The molecule has 0 saturated heterocycles. The fourth-order valence-electron chi connectivity index (χ4n) is 2.27. The van der Waals surface area contributed by atoms with Crippen LogP contribution < -0.4 is 21.6 Å². The summed E-state index contributed by atoms with van der Waals surface area (Å²) in [5.41, 5.74) is 7.08. The van der Waals surface area contributed by atoms with Gasteiger partial charge in [0.2, 0.25) is 0 Å². The Morgan fingerprint density at radius 2 is 1.00 bits per heavy atom. The van der Waals surface area contributed by atoms with Crippen LogP contribution in [0.3, 0.4) is 0 Å². The van der Waals surface area contributed by atoms with E-state index in [9.17, 15) is 0 Å². The van der Waals surface area contributed by atoms with Gasteiger partial charge in [0.15, 0.2) is 0 Å². The number of nitrogens with two attached hydrogens (primary N) is 1. The van der Waals surface area contributed by atoms with Gasteiger partial charge in [-0.15, -0.1) is 12.4 Å². The highest BCUT2D eigenvalue weighted by Crippen LogP contribution is 2.34. The fraction of sp³-hybridized carbons (Fsp3) is 0. The van der Waals surface area contributed by atoms with Crippen LogP contribution in [-0.2, 0) is 0 Å². The quantitative estimate of drug-likeness (QED) is 0.582. The minimum absolute atomic E-state index is 0. The summed E-state index contributed by atoms with van der Waals surface area (Å²) in [6.07, 6.45) is 0. The number of anilines is 1. The molecule has 3 heteroatoms. The Balaban J connectivity index is 0.00000161. The molecular formula is C18H17ClNP. The second-order valence-corrected chi connectivity index (χ2v) is 6.75. The lowest BCUT2D eigenvalue weighted by atomic mass is 10.3. The van der Waals surface area contributed by atoms with Gasteiger partial charge in [-0.25, -0.2) is 0 Å². The molecule has 3 aromatic carbocycles. The van der Waals surface area contributed by atoms with E-state index < -0.39 is 7.92 Å². The summed E-state index contributed by atoms with van der Waals surface area (Å²) in [6, 6.07) is 29.4. The highest BCUT2D eigenvalue weighted by Gasteiger charge is 2.17. The molecule has 0 amide bonds. The molecule has 0 atom stereocenters. The van der Waals surface area contributed by atoms with Gasteiger partial charge in [0.25, 0.3) is 0 Å². The largest absolute Gasteiger partial charge is 0.398 e. The molecule has 2 N–H and O–H groups in total. The van der Waals surface area contributed by atoms with Gasteiger partial charge in [-0.3, -0.25) is 0 Å². The SMILES string of the molecule is Cl.Nc1ccccc1P(c1ccccc1)c1ccccc1. The van der Waals surface area contributed by atoms with Crippen molar-refractivity contribution in [1.82, 2.24) is 0 Å². The van der Waals surface area contributed by atoms with Gasteiger partial charge >= 0.3 is 0 Å². The van der Waals surface area contributed by atoms with Crippen LogP contribution in [0.1, 0.15) is 0 Å². The normalized spacial score (nSPS) is 10.1. The molecule has 0 unspecified atom stereocenters. The average molecular weight is 314 g/mol. The molecule has 0 saturated carbocycles. The molecule has 0 aliphatic carbocycles. The van der Waals surface area contributed by atoms with E-state index in [1.165, 1.54) is 15.9 Å². The van der Waals surface area contributed by atoms with Crippen molar-refractivity contribution in [1.29, 1.82) is 0 Å². The van der Waals surface area contributed by atoms with Gasteiger partial charge in [0.05, 0.1) is 0 Å². The number of hydrogen-bond donors (Lipinski definition) is 1.